The third-order valence-electron chi connectivity index (χ3n) is 8.67. The van der Waals surface area contributed by atoms with Crippen molar-refractivity contribution in [1.82, 2.24) is 0 Å². The van der Waals surface area contributed by atoms with Crippen LogP contribution in [0.1, 0.15) is 65.2 Å². The van der Waals surface area contributed by atoms with Gasteiger partial charge in [0.1, 0.15) is 5.78 Å². The van der Waals surface area contributed by atoms with Gasteiger partial charge < -0.3 is 4.74 Å². The molecule has 1 aliphatic heterocycles. The zero-order valence-electron chi connectivity index (χ0n) is 13.4. The molecule has 8 atom stereocenters. The first kappa shape index (κ1) is 13.1. The largest absolute Gasteiger partial charge is 0.369 e. The maximum Gasteiger partial charge on any atom is 0.139 e. The lowest BCUT2D eigenvalue weighted by molar-refractivity contribution is -0.138. The number of epoxide rings is 1. The lowest BCUT2D eigenvalue weighted by Crippen LogP contribution is -2.55. The van der Waals surface area contributed by atoms with E-state index in [2.05, 4.69) is 13.8 Å². The number of fused-ring (bicyclic) bond motifs is 7. The van der Waals surface area contributed by atoms with Crippen LogP contribution >= 0.6 is 0 Å². The van der Waals surface area contributed by atoms with Gasteiger partial charge in [-0.05, 0) is 68.6 Å². The predicted molar refractivity (Wildman–Crippen MR) is 80.8 cm³/mol. The quantitative estimate of drug-likeness (QED) is 0.631. The molecule has 4 aliphatic carbocycles. The lowest BCUT2D eigenvalue weighted by Gasteiger charge is -2.58. The van der Waals surface area contributed by atoms with Crippen LogP contribution in [0.2, 0.25) is 0 Å². The zero-order chi connectivity index (χ0) is 14.4. The van der Waals surface area contributed by atoms with Gasteiger partial charge in [-0.15, -0.1) is 0 Å². The SMILES string of the molecule is C[C@]12[C@@H](CC[C@@H]3[C@@H]1CC[C@]1(C)C(=O)CC[C@@H]31)CC[C@@H]1O[C@@H]12. The number of carbonyl (C=O) groups is 1. The Hall–Kier alpha value is -0.370. The van der Waals surface area contributed by atoms with Gasteiger partial charge in [0.05, 0.1) is 12.2 Å². The van der Waals surface area contributed by atoms with E-state index in [1.54, 1.807) is 0 Å². The third-order valence-corrected chi connectivity index (χ3v) is 8.67. The summed E-state index contributed by atoms with van der Waals surface area (Å²) in [5.74, 6) is 3.78. The Balaban J connectivity index is 1.52. The number of hydrogen-bond donors (Lipinski definition) is 0. The molecule has 1 heterocycles. The Morgan fingerprint density at radius 1 is 1.00 bits per heavy atom. The molecule has 5 rings (SSSR count). The molecule has 0 aromatic carbocycles. The average Bonchev–Trinajstić information content (AvgIpc) is 3.20. The van der Waals surface area contributed by atoms with Gasteiger partial charge in [0.15, 0.2) is 0 Å². The highest BCUT2D eigenvalue weighted by Gasteiger charge is 2.67. The molecule has 2 heteroatoms. The molecule has 0 N–H and O–H groups in total. The van der Waals surface area contributed by atoms with Gasteiger partial charge in [0.2, 0.25) is 0 Å². The van der Waals surface area contributed by atoms with E-state index >= 15 is 0 Å². The van der Waals surface area contributed by atoms with Crippen molar-refractivity contribution >= 4 is 5.78 Å². The summed E-state index contributed by atoms with van der Waals surface area (Å²) < 4.78 is 6.09. The number of Topliss-reactive ketones (excluding diaryl/α,β-unsaturated/α-hetero) is 1. The van der Waals surface area contributed by atoms with Crippen molar-refractivity contribution in [2.45, 2.75) is 77.4 Å². The minimum Gasteiger partial charge on any atom is -0.369 e. The zero-order valence-corrected chi connectivity index (χ0v) is 13.4. The van der Waals surface area contributed by atoms with E-state index in [1.165, 1.54) is 38.5 Å². The normalized spacial score (nSPS) is 61.5. The fourth-order valence-corrected chi connectivity index (χ4v) is 7.41. The summed E-state index contributed by atoms with van der Waals surface area (Å²) in [5, 5.41) is 0. The first-order chi connectivity index (χ1) is 10.0. The maximum absolute atomic E-state index is 12.4. The molecule has 0 unspecified atom stereocenters. The number of carbonyl (C=O) groups excluding carboxylic acids is 1. The molecule has 2 nitrogen and oxygen atoms in total. The summed E-state index contributed by atoms with van der Waals surface area (Å²) >= 11 is 0. The molecule has 5 aliphatic rings. The fraction of sp³-hybridized carbons (Fsp3) is 0.947. The minimum atomic E-state index is 0.0306. The molecule has 116 valence electrons. The minimum absolute atomic E-state index is 0.0306. The fourth-order valence-electron chi connectivity index (χ4n) is 7.41. The number of ether oxygens (including phenoxy) is 1. The van der Waals surface area contributed by atoms with Crippen LogP contribution in [-0.4, -0.2) is 18.0 Å². The van der Waals surface area contributed by atoms with E-state index in [9.17, 15) is 4.79 Å². The van der Waals surface area contributed by atoms with Gasteiger partial charge in [-0.3, -0.25) is 4.79 Å². The molecule has 0 spiro atoms. The lowest BCUT2D eigenvalue weighted by atomic mass is 9.45. The predicted octanol–water partition coefficient (Wildman–Crippen LogP) is 3.98. The summed E-state index contributed by atoms with van der Waals surface area (Å²) in [6.45, 7) is 4.84. The molecule has 4 saturated carbocycles. The summed E-state index contributed by atoms with van der Waals surface area (Å²) in [6.07, 6.45) is 11.1. The molecule has 21 heavy (non-hydrogen) atoms. The van der Waals surface area contributed by atoms with Crippen LogP contribution in [0.3, 0.4) is 0 Å². The Bertz CT molecular complexity index is 500. The molecule has 0 bridgehead atoms. The Morgan fingerprint density at radius 2 is 1.81 bits per heavy atom. The second kappa shape index (κ2) is 3.93. The molecule has 0 aromatic heterocycles. The van der Waals surface area contributed by atoms with Crippen molar-refractivity contribution < 1.29 is 9.53 Å². The molecule has 5 fully saturated rings. The van der Waals surface area contributed by atoms with Crippen molar-refractivity contribution in [3.05, 3.63) is 0 Å². The van der Waals surface area contributed by atoms with Crippen molar-refractivity contribution in [2.75, 3.05) is 0 Å². The van der Waals surface area contributed by atoms with Gasteiger partial charge in [-0.1, -0.05) is 13.8 Å². The van der Waals surface area contributed by atoms with Crippen molar-refractivity contribution in [2.24, 2.45) is 34.5 Å². The molecule has 0 aromatic rings. The maximum atomic E-state index is 12.4. The summed E-state index contributed by atoms with van der Waals surface area (Å²) in [5.41, 5.74) is 0.460. The monoisotopic (exact) mass is 288 g/mol. The van der Waals surface area contributed by atoms with Crippen molar-refractivity contribution in [3.63, 3.8) is 0 Å². The Labute approximate surface area is 128 Å². The molecule has 0 radical (unpaired) electrons. The van der Waals surface area contributed by atoms with Gasteiger partial charge in [0.25, 0.3) is 0 Å². The van der Waals surface area contributed by atoms with Crippen LogP contribution in [-0.2, 0) is 9.53 Å². The molecular weight excluding hydrogens is 260 g/mol. The van der Waals surface area contributed by atoms with Gasteiger partial charge in [-0.25, -0.2) is 0 Å². The number of rotatable bonds is 0. The van der Waals surface area contributed by atoms with E-state index in [0.717, 1.165) is 30.6 Å². The number of hydrogen-bond acceptors (Lipinski definition) is 2. The standard InChI is InChI=1S/C19H28O2/c1-18-10-9-14-12(13(18)6-8-16(18)20)5-3-11-4-7-15-17(21-15)19(11,14)2/h11-15,17H,3-10H2,1-2H3/t11-,12-,13-,14-,15-,17-,18-,19-/m0/s1. The topological polar surface area (TPSA) is 29.6 Å². The molecular formula is C19H28O2. The van der Waals surface area contributed by atoms with Gasteiger partial charge in [-0.2, -0.15) is 0 Å². The van der Waals surface area contributed by atoms with Crippen LogP contribution in [0.25, 0.3) is 0 Å². The molecule has 1 saturated heterocycles. The summed E-state index contributed by atoms with van der Waals surface area (Å²) in [6, 6.07) is 0. The second-order valence-electron chi connectivity index (χ2n) is 9.11. The van der Waals surface area contributed by atoms with E-state index in [0.29, 0.717) is 29.3 Å². The van der Waals surface area contributed by atoms with Crippen LogP contribution in [0.15, 0.2) is 0 Å². The molecule has 0 amide bonds. The third kappa shape index (κ3) is 1.46. The average molecular weight is 288 g/mol. The first-order valence-electron chi connectivity index (χ1n) is 9.24. The summed E-state index contributed by atoms with van der Waals surface area (Å²) in [7, 11) is 0. The highest BCUT2D eigenvalue weighted by Crippen LogP contribution is 2.68. The Morgan fingerprint density at radius 3 is 2.67 bits per heavy atom. The van der Waals surface area contributed by atoms with E-state index in [1.807, 2.05) is 0 Å². The van der Waals surface area contributed by atoms with Crippen LogP contribution in [0.5, 0.6) is 0 Å². The van der Waals surface area contributed by atoms with Crippen LogP contribution in [0.4, 0.5) is 0 Å². The highest BCUT2D eigenvalue weighted by molar-refractivity contribution is 5.87. The van der Waals surface area contributed by atoms with E-state index < -0.39 is 0 Å². The first-order valence-corrected chi connectivity index (χ1v) is 9.24. The van der Waals surface area contributed by atoms with E-state index in [-0.39, 0.29) is 5.41 Å². The van der Waals surface area contributed by atoms with Crippen LogP contribution in [0, 0.1) is 34.5 Å². The Kier molecular flexibility index (Phi) is 2.45. The smallest absolute Gasteiger partial charge is 0.139 e. The highest BCUT2D eigenvalue weighted by atomic mass is 16.6. The van der Waals surface area contributed by atoms with Gasteiger partial charge in [0, 0.05) is 17.3 Å². The van der Waals surface area contributed by atoms with Crippen molar-refractivity contribution in [1.29, 1.82) is 0 Å². The summed E-state index contributed by atoms with van der Waals surface area (Å²) in [4.78, 5) is 12.4. The van der Waals surface area contributed by atoms with E-state index in [4.69, 9.17) is 4.74 Å². The number of ketones is 1. The van der Waals surface area contributed by atoms with Crippen molar-refractivity contribution in [3.8, 4) is 0 Å². The van der Waals surface area contributed by atoms with Crippen LogP contribution < -0.4 is 0 Å². The van der Waals surface area contributed by atoms with Gasteiger partial charge >= 0.3 is 0 Å². The second-order valence-corrected chi connectivity index (χ2v) is 9.11.